The van der Waals surface area contributed by atoms with Crippen molar-refractivity contribution in [2.75, 3.05) is 32.8 Å². The lowest BCUT2D eigenvalue weighted by Crippen LogP contribution is -2.46. The van der Waals surface area contributed by atoms with Gasteiger partial charge in [-0.05, 0) is 51.0 Å². The maximum absolute atomic E-state index is 9.72. The first-order valence-corrected chi connectivity index (χ1v) is 8.56. The van der Waals surface area contributed by atoms with Crippen molar-refractivity contribution < 1.29 is 9.84 Å². The minimum Gasteiger partial charge on any atom is -0.392 e. The predicted octanol–water partition coefficient (Wildman–Crippen LogP) is 1.38. The minimum atomic E-state index is -0.0847. The standard InChI is InChI=1S/C16H30N2O2/c19-14-5-9-18(12-14)16-3-1-2-15(16)17-8-4-13-6-10-20-11-7-13/h13-17,19H,1-12H2/t14?,15-,16+/m1/s1. The van der Waals surface area contributed by atoms with E-state index < -0.39 is 0 Å². The molecule has 1 saturated carbocycles. The van der Waals surface area contributed by atoms with Gasteiger partial charge in [0.2, 0.25) is 0 Å². The maximum Gasteiger partial charge on any atom is 0.0679 e. The summed E-state index contributed by atoms with van der Waals surface area (Å²) in [6.07, 6.45) is 8.63. The van der Waals surface area contributed by atoms with Gasteiger partial charge in [0.05, 0.1) is 6.10 Å². The zero-order valence-electron chi connectivity index (χ0n) is 12.6. The Morgan fingerprint density at radius 3 is 2.70 bits per heavy atom. The van der Waals surface area contributed by atoms with Crippen LogP contribution in [0.3, 0.4) is 0 Å². The average molecular weight is 282 g/mol. The van der Waals surface area contributed by atoms with Crippen molar-refractivity contribution in [1.82, 2.24) is 10.2 Å². The Morgan fingerprint density at radius 1 is 1.10 bits per heavy atom. The highest BCUT2D eigenvalue weighted by Gasteiger charge is 2.35. The van der Waals surface area contributed by atoms with Gasteiger partial charge in [-0.3, -0.25) is 4.90 Å². The van der Waals surface area contributed by atoms with E-state index in [1.54, 1.807) is 0 Å². The van der Waals surface area contributed by atoms with Crippen LogP contribution in [0.5, 0.6) is 0 Å². The lowest BCUT2D eigenvalue weighted by atomic mass is 9.96. The molecule has 1 unspecified atom stereocenters. The van der Waals surface area contributed by atoms with Gasteiger partial charge in [-0.2, -0.15) is 0 Å². The second-order valence-electron chi connectivity index (χ2n) is 6.84. The summed E-state index contributed by atoms with van der Waals surface area (Å²) in [4.78, 5) is 2.52. The van der Waals surface area contributed by atoms with E-state index in [0.717, 1.165) is 45.2 Å². The molecule has 1 aliphatic carbocycles. The first-order chi connectivity index (χ1) is 9.83. The average Bonchev–Trinajstić information content (AvgIpc) is 3.09. The fourth-order valence-electron chi connectivity index (χ4n) is 4.19. The first-order valence-electron chi connectivity index (χ1n) is 8.56. The molecule has 0 radical (unpaired) electrons. The topological polar surface area (TPSA) is 44.7 Å². The Morgan fingerprint density at radius 2 is 1.95 bits per heavy atom. The van der Waals surface area contributed by atoms with Crippen molar-refractivity contribution in [3.8, 4) is 0 Å². The largest absolute Gasteiger partial charge is 0.392 e. The van der Waals surface area contributed by atoms with E-state index >= 15 is 0 Å². The Labute approximate surface area is 122 Å². The van der Waals surface area contributed by atoms with Crippen LogP contribution < -0.4 is 5.32 Å². The minimum absolute atomic E-state index is 0.0847. The number of likely N-dealkylation sites (tertiary alicyclic amines) is 1. The molecule has 2 saturated heterocycles. The van der Waals surface area contributed by atoms with Crippen LogP contribution in [-0.2, 0) is 4.74 Å². The summed E-state index contributed by atoms with van der Waals surface area (Å²) in [5.41, 5.74) is 0. The molecule has 2 aliphatic heterocycles. The summed E-state index contributed by atoms with van der Waals surface area (Å²) < 4.78 is 5.42. The van der Waals surface area contributed by atoms with Crippen LogP contribution in [0.15, 0.2) is 0 Å². The predicted molar refractivity (Wildman–Crippen MR) is 79.8 cm³/mol. The van der Waals surface area contributed by atoms with E-state index in [-0.39, 0.29) is 6.10 Å². The summed E-state index contributed by atoms with van der Waals surface area (Å²) in [5.74, 6) is 0.865. The Balaban J connectivity index is 1.39. The SMILES string of the molecule is OC1CCN([C@H]2CCC[C@H]2NCCC2CCOCC2)C1. The van der Waals surface area contributed by atoms with E-state index in [1.165, 1.54) is 38.5 Å². The molecule has 0 aromatic rings. The number of hydrogen-bond donors (Lipinski definition) is 2. The fourth-order valence-corrected chi connectivity index (χ4v) is 4.19. The molecular weight excluding hydrogens is 252 g/mol. The second kappa shape index (κ2) is 7.21. The van der Waals surface area contributed by atoms with Crippen LogP contribution in [-0.4, -0.2) is 61.0 Å². The van der Waals surface area contributed by atoms with Crippen LogP contribution in [0.25, 0.3) is 0 Å². The molecule has 2 N–H and O–H groups in total. The molecule has 4 heteroatoms. The first kappa shape index (κ1) is 14.8. The third kappa shape index (κ3) is 3.73. The lowest BCUT2D eigenvalue weighted by Gasteiger charge is -2.30. The second-order valence-corrected chi connectivity index (χ2v) is 6.84. The number of aliphatic hydroxyl groups excluding tert-OH is 1. The van der Waals surface area contributed by atoms with Gasteiger partial charge in [-0.25, -0.2) is 0 Å². The number of rotatable bonds is 5. The molecule has 20 heavy (non-hydrogen) atoms. The van der Waals surface area contributed by atoms with Crippen LogP contribution in [0.4, 0.5) is 0 Å². The van der Waals surface area contributed by atoms with Crippen LogP contribution in [0, 0.1) is 5.92 Å². The summed E-state index contributed by atoms with van der Waals surface area (Å²) in [6.45, 7) is 5.06. The summed E-state index contributed by atoms with van der Waals surface area (Å²) in [7, 11) is 0. The van der Waals surface area contributed by atoms with Crippen molar-refractivity contribution in [1.29, 1.82) is 0 Å². The van der Waals surface area contributed by atoms with E-state index in [9.17, 15) is 5.11 Å². The van der Waals surface area contributed by atoms with Gasteiger partial charge in [0.25, 0.3) is 0 Å². The summed E-state index contributed by atoms with van der Waals surface area (Å²) >= 11 is 0. The van der Waals surface area contributed by atoms with Gasteiger partial charge in [-0.15, -0.1) is 0 Å². The van der Waals surface area contributed by atoms with E-state index in [0.29, 0.717) is 12.1 Å². The van der Waals surface area contributed by atoms with E-state index in [2.05, 4.69) is 10.2 Å². The number of aliphatic hydroxyl groups is 1. The molecule has 3 rings (SSSR count). The molecular formula is C16H30N2O2. The maximum atomic E-state index is 9.72. The molecule has 0 amide bonds. The van der Waals surface area contributed by atoms with Gasteiger partial charge in [0.1, 0.15) is 0 Å². The monoisotopic (exact) mass is 282 g/mol. The summed E-state index contributed by atoms with van der Waals surface area (Å²) in [5, 5.41) is 13.5. The molecule has 3 fully saturated rings. The van der Waals surface area contributed by atoms with Gasteiger partial charge in [0, 0.05) is 38.4 Å². The number of ether oxygens (including phenoxy) is 1. The van der Waals surface area contributed by atoms with Gasteiger partial charge < -0.3 is 15.2 Å². The number of β-amino-alcohol motifs (C(OH)–C–C–N with tert-alkyl or cyclic N) is 1. The van der Waals surface area contributed by atoms with E-state index in [1.807, 2.05) is 0 Å². The van der Waals surface area contributed by atoms with Gasteiger partial charge in [0.15, 0.2) is 0 Å². The smallest absolute Gasteiger partial charge is 0.0679 e. The molecule has 2 heterocycles. The molecule has 4 nitrogen and oxygen atoms in total. The molecule has 3 atom stereocenters. The fraction of sp³-hybridized carbons (Fsp3) is 1.00. The van der Waals surface area contributed by atoms with Gasteiger partial charge >= 0.3 is 0 Å². The molecule has 0 aromatic carbocycles. The van der Waals surface area contributed by atoms with Crippen LogP contribution >= 0.6 is 0 Å². The van der Waals surface area contributed by atoms with Crippen LogP contribution in [0.1, 0.15) is 44.9 Å². The van der Waals surface area contributed by atoms with Crippen molar-refractivity contribution in [3.63, 3.8) is 0 Å². The highest BCUT2D eigenvalue weighted by Crippen LogP contribution is 2.27. The quantitative estimate of drug-likeness (QED) is 0.800. The summed E-state index contributed by atoms with van der Waals surface area (Å²) in [6, 6.07) is 1.32. The van der Waals surface area contributed by atoms with Crippen LogP contribution in [0.2, 0.25) is 0 Å². The third-order valence-corrected chi connectivity index (χ3v) is 5.44. The zero-order valence-corrected chi connectivity index (χ0v) is 12.6. The highest BCUT2D eigenvalue weighted by atomic mass is 16.5. The van der Waals surface area contributed by atoms with Crippen molar-refractivity contribution in [2.24, 2.45) is 5.92 Å². The molecule has 0 aromatic heterocycles. The van der Waals surface area contributed by atoms with Crippen molar-refractivity contribution in [2.45, 2.75) is 63.1 Å². The van der Waals surface area contributed by atoms with Crippen molar-refractivity contribution >= 4 is 0 Å². The van der Waals surface area contributed by atoms with Crippen molar-refractivity contribution in [3.05, 3.63) is 0 Å². The molecule has 0 spiro atoms. The number of hydrogen-bond acceptors (Lipinski definition) is 4. The lowest BCUT2D eigenvalue weighted by molar-refractivity contribution is 0.0634. The normalized spacial score (nSPS) is 36.8. The molecule has 0 bridgehead atoms. The van der Waals surface area contributed by atoms with E-state index in [4.69, 9.17) is 4.74 Å². The number of nitrogens with one attached hydrogen (secondary N) is 1. The Bertz CT molecular complexity index is 294. The number of nitrogens with zero attached hydrogens (tertiary/aromatic N) is 1. The Hall–Kier alpha value is -0.160. The van der Waals surface area contributed by atoms with Gasteiger partial charge in [-0.1, -0.05) is 6.42 Å². The molecule has 116 valence electrons. The Kier molecular flexibility index (Phi) is 5.32. The zero-order chi connectivity index (χ0) is 13.8. The molecule has 3 aliphatic rings. The highest BCUT2D eigenvalue weighted by molar-refractivity contribution is 4.93. The third-order valence-electron chi connectivity index (χ3n) is 5.44.